The van der Waals surface area contributed by atoms with Gasteiger partial charge in [-0.3, -0.25) is 9.59 Å². The van der Waals surface area contributed by atoms with Crippen LogP contribution in [0.1, 0.15) is 10.5 Å². The fraction of sp³-hybridized carbons (Fsp3) is 0.227. The van der Waals surface area contributed by atoms with Crippen molar-refractivity contribution in [3.63, 3.8) is 0 Å². The Morgan fingerprint density at radius 2 is 1.81 bits per heavy atom. The van der Waals surface area contributed by atoms with Gasteiger partial charge in [0.05, 0.1) is 32.0 Å². The highest BCUT2D eigenvalue weighted by Gasteiger charge is 2.37. The van der Waals surface area contributed by atoms with Crippen molar-refractivity contribution >= 4 is 29.3 Å². The first-order valence-electron chi connectivity index (χ1n) is 9.63. The maximum atomic E-state index is 13.3. The van der Waals surface area contributed by atoms with E-state index in [9.17, 15) is 9.59 Å². The summed E-state index contributed by atoms with van der Waals surface area (Å²) in [5.74, 6) is 1.39. The molecule has 1 atom stereocenters. The molecule has 0 aliphatic carbocycles. The highest BCUT2D eigenvalue weighted by atomic mass is 32.2. The van der Waals surface area contributed by atoms with Crippen molar-refractivity contribution < 1.29 is 19.1 Å². The second kappa shape index (κ2) is 9.13. The zero-order chi connectivity index (χ0) is 21.8. The molecule has 3 aromatic rings. The van der Waals surface area contributed by atoms with Crippen LogP contribution >= 0.6 is 11.8 Å². The molecule has 1 aliphatic heterocycles. The van der Waals surface area contributed by atoms with E-state index in [0.717, 1.165) is 5.69 Å². The summed E-state index contributed by atoms with van der Waals surface area (Å²) in [6.07, 6.45) is 1.66. The van der Waals surface area contributed by atoms with Crippen LogP contribution in [0.25, 0.3) is 5.69 Å². The van der Waals surface area contributed by atoms with Gasteiger partial charge in [0.25, 0.3) is 5.91 Å². The number of para-hydroxylation sites is 1. The van der Waals surface area contributed by atoms with E-state index >= 15 is 0 Å². The lowest BCUT2D eigenvalue weighted by Crippen LogP contribution is -2.44. The average Bonchev–Trinajstić information content (AvgIpc) is 3.47. The van der Waals surface area contributed by atoms with Gasteiger partial charge in [-0.15, -0.1) is 11.8 Å². The first-order valence-corrected chi connectivity index (χ1v) is 10.8. The van der Waals surface area contributed by atoms with Gasteiger partial charge in [-0.1, -0.05) is 18.2 Å². The smallest absolute Gasteiger partial charge is 0.279 e. The normalized spacial score (nSPS) is 15.5. The molecule has 0 spiro atoms. The molecule has 0 saturated carbocycles. The fourth-order valence-electron chi connectivity index (χ4n) is 3.26. The zero-order valence-electron chi connectivity index (χ0n) is 17.1. The van der Waals surface area contributed by atoms with Crippen molar-refractivity contribution in [2.45, 2.75) is 6.04 Å². The SMILES string of the molecule is COc1ccc(NC(=O)C2CSCN2C(=O)c2nn(-c3ccccc3)cc2OC)cc1. The Morgan fingerprint density at radius 3 is 2.48 bits per heavy atom. The third kappa shape index (κ3) is 4.36. The van der Waals surface area contributed by atoms with Gasteiger partial charge in [0.2, 0.25) is 5.91 Å². The third-order valence-electron chi connectivity index (χ3n) is 4.93. The Morgan fingerprint density at radius 1 is 1.06 bits per heavy atom. The van der Waals surface area contributed by atoms with Crippen molar-refractivity contribution in [1.82, 2.24) is 14.7 Å². The Labute approximate surface area is 184 Å². The summed E-state index contributed by atoms with van der Waals surface area (Å²) in [4.78, 5) is 27.7. The number of aromatic nitrogens is 2. The summed E-state index contributed by atoms with van der Waals surface area (Å²) in [6, 6.07) is 15.9. The predicted molar refractivity (Wildman–Crippen MR) is 119 cm³/mol. The highest BCUT2D eigenvalue weighted by molar-refractivity contribution is 7.99. The number of carbonyl (C=O) groups excluding carboxylic acids is 2. The predicted octanol–water partition coefficient (Wildman–Crippen LogP) is 3.04. The number of hydrogen-bond acceptors (Lipinski definition) is 6. The maximum Gasteiger partial charge on any atom is 0.279 e. The maximum absolute atomic E-state index is 13.3. The standard InChI is InChI=1S/C22H22N4O4S/c1-29-17-10-8-15(9-11-17)23-21(27)18-13-31-14-25(18)22(28)20-19(30-2)12-26(24-20)16-6-4-3-5-7-16/h3-12,18H,13-14H2,1-2H3,(H,23,27). The molecular weight excluding hydrogens is 416 g/mol. The number of benzene rings is 2. The number of thioether (sulfide) groups is 1. The van der Waals surface area contributed by atoms with Crippen LogP contribution in [0, 0.1) is 0 Å². The van der Waals surface area contributed by atoms with Crippen molar-refractivity contribution in [2.75, 3.05) is 31.2 Å². The number of nitrogens with zero attached hydrogens (tertiary/aromatic N) is 3. The Kier molecular flexibility index (Phi) is 6.13. The van der Waals surface area contributed by atoms with E-state index in [1.807, 2.05) is 30.3 Å². The monoisotopic (exact) mass is 438 g/mol. The van der Waals surface area contributed by atoms with Gasteiger partial charge in [0.1, 0.15) is 11.8 Å². The molecule has 160 valence electrons. The lowest BCUT2D eigenvalue weighted by Gasteiger charge is -2.22. The summed E-state index contributed by atoms with van der Waals surface area (Å²) in [6.45, 7) is 0. The van der Waals surface area contributed by atoms with E-state index in [2.05, 4.69) is 10.4 Å². The van der Waals surface area contributed by atoms with Crippen molar-refractivity contribution in [3.05, 3.63) is 66.5 Å². The molecule has 1 N–H and O–H groups in total. The average molecular weight is 439 g/mol. The fourth-order valence-corrected chi connectivity index (χ4v) is 4.42. The number of amides is 2. The Balaban J connectivity index is 1.53. The van der Waals surface area contributed by atoms with Crippen LogP contribution in [0.5, 0.6) is 11.5 Å². The molecule has 2 heterocycles. The zero-order valence-corrected chi connectivity index (χ0v) is 18.0. The molecule has 4 rings (SSSR count). The van der Waals surface area contributed by atoms with Gasteiger partial charge >= 0.3 is 0 Å². The molecular formula is C22H22N4O4S. The molecule has 0 radical (unpaired) electrons. The third-order valence-corrected chi connectivity index (χ3v) is 5.94. The summed E-state index contributed by atoms with van der Waals surface area (Å²) in [5, 5.41) is 7.31. The minimum absolute atomic E-state index is 0.177. The molecule has 2 amide bonds. The molecule has 9 heteroatoms. The van der Waals surface area contributed by atoms with E-state index < -0.39 is 6.04 Å². The lowest BCUT2D eigenvalue weighted by atomic mass is 10.2. The summed E-state index contributed by atoms with van der Waals surface area (Å²) < 4.78 is 12.1. The molecule has 1 aliphatic rings. The van der Waals surface area contributed by atoms with Gasteiger partial charge < -0.3 is 19.7 Å². The number of methoxy groups -OCH3 is 2. The first kappa shape index (κ1) is 20.8. The summed E-state index contributed by atoms with van der Waals surface area (Å²) in [5.41, 5.74) is 1.63. The number of nitrogens with one attached hydrogen (secondary N) is 1. The molecule has 1 fully saturated rings. The number of hydrogen-bond donors (Lipinski definition) is 1. The summed E-state index contributed by atoms with van der Waals surface area (Å²) in [7, 11) is 3.08. The molecule has 0 bridgehead atoms. The molecule has 2 aromatic carbocycles. The van der Waals surface area contributed by atoms with E-state index in [1.165, 1.54) is 23.8 Å². The number of anilines is 1. The number of ether oxygens (including phenoxy) is 2. The molecule has 1 aromatic heterocycles. The number of carbonyl (C=O) groups is 2. The van der Waals surface area contributed by atoms with Gasteiger partial charge in [-0.2, -0.15) is 5.10 Å². The largest absolute Gasteiger partial charge is 0.497 e. The van der Waals surface area contributed by atoms with Gasteiger partial charge in [0.15, 0.2) is 11.4 Å². The van der Waals surface area contributed by atoms with Gasteiger partial charge in [-0.25, -0.2) is 4.68 Å². The van der Waals surface area contributed by atoms with Crippen LogP contribution in [0.15, 0.2) is 60.8 Å². The van der Waals surface area contributed by atoms with Crippen LogP contribution in [-0.4, -0.2) is 58.4 Å². The van der Waals surface area contributed by atoms with E-state index in [0.29, 0.717) is 28.8 Å². The minimum Gasteiger partial charge on any atom is -0.497 e. The van der Waals surface area contributed by atoms with E-state index in [4.69, 9.17) is 9.47 Å². The first-order chi connectivity index (χ1) is 15.1. The number of rotatable bonds is 6. The lowest BCUT2D eigenvalue weighted by molar-refractivity contribution is -0.119. The van der Waals surface area contributed by atoms with E-state index in [1.54, 1.807) is 42.3 Å². The molecule has 1 unspecified atom stereocenters. The molecule has 31 heavy (non-hydrogen) atoms. The van der Waals surface area contributed by atoms with Crippen molar-refractivity contribution in [3.8, 4) is 17.2 Å². The van der Waals surface area contributed by atoms with Crippen LogP contribution in [-0.2, 0) is 4.79 Å². The van der Waals surface area contributed by atoms with Crippen molar-refractivity contribution in [2.24, 2.45) is 0 Å². The van der Waals surface area contributed by atoms with Crippen LogP contribution in [0.2, 0.25) is 0 Å². The second-order valence-corrected chi connectivity index (χ2v) is 7.83. The molecule has 8 nitrogen and oxygen atoms in total. The van der Waals surface area contributed by atoms with Crippen LogP contribution < -0.4 is 14.8 Å². The van der Waals surface area contributed by atoms with Gasteiger partial charge in [0, 0.05) is 11.4 Å². The topological polar surface area (TPSA) is 85.7 Å². The van der Waals surface area contributed by atoms with Crippen molar-refractivity contribution in [1.29, 1.82) is 0 Å². The van der Waals surface area contributed by atoms with Gasteiger partial charge in [-0.05, 0) is 36.4 Å². The summed E-state index contributed by atoms with van der Waals surface area (Å²) >= 11 is 1.52. The Bertz CT molecular complexity index is 1070. The van der Waals surface area contributed by atoms with Crippen LogP contribution in [0.4, 0.5) is 5.69 Å². The minimum atomic E-state index is -0.605. The second-order valence-electron chi connectivity index (χ2n) is 6.83. The van der Waals surface area contributed by atoms with E-state index in [-0.39, 0.29) is 17.5 Å². The quantitative estimate of drug-likeness (QED) is 0.637. The Hall–Kier alpha value is -3.46. The van der Waals surface area contributed by atoms with Crippen LogP contribution in [0.3, 0.4) is 0 Å². The molecule has 1 saturated heterocycles. The highest BCUT2D eigenvalue weighted by Crippen LogP contribution is 2.28.